The SMILES string of the molecule is N#Cc1ccc(-c2ccc3c(c2)ncn3CC(=O)NC2CCCC2)cc1. The van der Waals surface area contributed by atoms with E-state index in [-0.39, 0.29) is 5.91 Å². The highest BCUT2D eigenvalue weighted by Crippen LogP contribution is 2.24. The van der Waals surface area contributed by atoms with Crippen LogP contribution in [0, 0.1) is 11.3 Å². The first kappa shape index (κ1) is 16.3. The fourth-order valence-corrected chi connectivity index (χ4v) is 3.60. The van der Waals surface area contributed by atoms with Crippen molar-refractivity contribution in [3.05, 3.63) is 54.4 Å². The molecule has 1 saturated carbocycles. The van der Waals surface area contributed by atoms with Gasteiger partial charge in [-0.25, -0.2) is 4.98 Å². The minimum absolute atomic E-state index is 0.0485. The summed E-state index contributed by atoms with van der Waals surface area (Å²) < 4.78 is 1.89. The van der Waals surface area contributed by atoms with Gasteiger partial charge in [0.25, 0.3) is 0 Å². The number of carbonyl (C=O) groups is 1. The van der Waals surface area contributed by atoms with E-state index in [0.717, 1.165) is 35.0 Å². The van der Waals surface area contributed by atoms with Gasteiger partial charge in [-0.15, -0.1) is 0 Å². The van der Waals surface area contributed by atoms with Crippen molar-refractivity contribution in [3.8, 4) is 17.2 Å². The normalized spacial score (nSPS) is 14.4. The molecule has 5 heteroatoms. The predicted molar refractivity (Wildman–Crippen MR) is 100 cm³/mol. The Balaban J connectivity index is 1.53. The Morgan fingerprint density at radius 3 is 2.62 bits per heavy atom. The summed E-state index contributed by atoms with van der Waals surface area (Å²) >= 11 is 0. The molecule has 26 heavy (non-hydrogen) atoms. The summed E-state index contributed by atoms with van der Waals surface area (Å²) in [6.45, 7) is 0.295. The van der Waals surface area contributed by atoms with Crippen LogP contribution in [0.3, 0.4) is 0 Å². The predicted octanol–water partition coefficient (Wildman–Crippen LogP) is 3.63. The van der Waals surface area contributed by atoms with E-state index in [4.69, 9.17) is 5.26 Å². The average Bonchev–Trinajstić information content (AvgIpc) is 3.31. The van der Waals surface area contributed by atoms with Gasteiger partial charge >= 0.3 is 0 Å². The Morgan fingerprint density at radius 1 is 1.15 bits per heavy atom. The largest absolute Gasteiger partial charge is 0.352 e. The second kappa shape index (κ2) is 7.01. The molecule has 0 saturated heterocycles. The summed E-state index contributed by atoms with van der Waals surface area (Å²) in [7, 11) is 0. The maximum absolute atomic E-state index is 12.3. The number of nitrogens with one attached hydrogen (secondary N) is 1. The molecule has 1 aromatic heterocycles. The molecule has 1 N–H and O–H groups in total. The lowest BCUT2D eigenvalue weighted by Gasteiger charge is -2.12. The molecule has 1 heterocycles. The molecule has 4 rings (SSSR count). The van der Waals surface area contributed by atoms with Gasteiger partial charge in [-0.2, -0.15) is 5.26 Å². The quantitative estimate of drug-likeness (QED) is 0.785. The number of hydrogen-bond donors (Lipinski definition) is 1. The van der Waals surface area contributed by atoms with Crippen LogP contribution in [0.15, 0.2) is 48.8 Å². The van der Waals surface area contributed by atoms with Crippen molar-refractivity contribution in [2.24, 2.45) is 0 Å². The lowest BCUT2D eigenvalue weighted by molar-refractivity contribution is -0.122. The van der Waals surface area contributed by atoms with E-state index in [1.807, 2.05) is 47.0 Å². The summed E-state index contributed by atoms with van der Waals surface area (Å²) in [6.07, 6.45) is 6.31. The van der Waals surface area contributed by atoms with E-state index in [1.54, 1.807) is 6.33 Å². The van der Waals surface area contributed by atoms with Crippen molar-refractivity contribution in [1.29, 1.82) is 5.26 Å². The molecule has 1 aliphatic carbocycles. The lowest BCUT2D eigenvalue weighted by atomic mass is 10.0. The van der Waals surface area contributed by atoms with E-state index in [2.05, 4.69) is 16.4 Å². The average molecular weight is 344 g/mol. The first-order chi connectivity index (χ1) is 12.7. The van der Waals surface area contributed by atoms with Crippen LogP contribution in [0.4, 0.5) is 0 Å². The molecule has 2 aromatic carbocycles. The van der Waals surface area contributed by atoms with Gasteiger partial charge < -0.3 is 9.88 Å². The van der Waals surface area contributed by atoms with Gasteiger partial charge in [0.2, 0.25) is 5.91 Å². The molecule has 0 bridgehead atoms. The van der Waals surface area contributed by atoms with E-state index in [9.17, 15) is 4.79 Å². The Bertz CT molecular complexity index is 975. The van der Waals surface area contributed by atoms with Crippen LogP contribution in [-0.4, -0.2) is 21.5 Å². The number of aromatic nitrogens is 2. The molecule has 5 nitrogen and oxygen atoms in total. The fraction of sp³-hybridized carbons (Fsp3) is 0.286. The Kier molecular flexibility index (Phi) is 4.40. The third kappa shape index (κ3) is 3.31. The lowest BCUT2D eigenvalue weighted by Crippen LogP contribution is -2.35. The smallest absolute Gasteiger partial charge is 0.240 e. The monoisotopic (exact) mass is 344 g/mol. The van der Waals surface area contributed by atoms with Gasteiger partial charge in [-0.3, -0.25) is 4.79 Å². The van der Waals surface area contributed by atoms with Crippen molar-refractivity contribution in [1.82, 2.24) is 14.9 Å². The summed E-state index contributed by atoms with van der Waals surface area (Å²) in [5, 5.41) is 12.0. The van der Waals surface area contributed by atoms with Crippen molar-refractivity contribution in [3.63, 3.8) is 0 Å². The zero-order valence-corrected chi connectivity index (χ0v) is 14.5. The number of nitriles is 1. The number of imidazole rings is 1. The number of benzene rings is 2. The van der Waals surface area contributed by atoms with E-state index < -0.39 is 0 Å². The third-order valence-corrected chi connectivity index (χ3v) is 5.00. The summed E-state index contributed by atoms with van der Waals surface area (Å²) in [5.74, 6) is 0.0485. The summed E-state index contributed by atoms with van der Waals surface area (Å²) in [6, 6.07) is 16.0. The maximum atomic E-state index is 12.3. The van der Waals surface area contributed by atoms with Gasteiger partial charge in [-0.05, 0) is 48.2 Å². The number of amides is 1. The van der Waals surface area contributed by atoms with Crippen LogP contribution in [0.25, 0.3) is 22.2 Å². The highest BCUT2D eigenvalue weighted by atomic mass is 16.2. The highest BCUT2D eigenvalue weighted by molar-refractivity contribution is 5.84. The van der Waals surface area contributed by atoms with Crippen LogP contribution in [-0.2, 0) is 11.3 Å². The van der Waals surface area contributed by atoms with Gasteiger partial charge in [0.1, 0.15) is 6.54 Å². The molecule has 0 aliphatic heterocycles. The first-order valence-corrected chi connectivity index (χ1v) is 8.98. The molecule has 1 aliphatic rings. The molecule has 130 valence electrons. The van der Waals surface area contributed by atoms with Gasteiger partial charge in [0.15, 0.2) is 0 Å². The molecule has 0 atom stereocenters. The molecule has 0 spiro atoms. The summed E-state index contributed by atoms with van der Waals surface area (Å²) in [4.78, 5) is 16.7. The van der Waals surface area contributed by atoms with Crippen LogP contribution < -0.4 is 5.32 Å². The molecular formula is C21H20N4O. The number of carbonyl (C=O) groups excluding carboxylic acids is 1. The zero-order chi connectivity index (χ0) is 17.9. The molecular weight excluding hydrogens is 324 g/mol. The Morgan fingerprint density at radius 2 is 1.88 bits per heavy atom. The topological polar surface area (TPSA) is 70.7 Å². The second-order valence-corrected chi connectivity index (χ2v) is 6.81. The standard InChI is InChI=1S/C21H20N4O/c22-12-15-5-7-16(8-6-15)17-9-10-20-19(11-17)23-14-25(20)13-21(26)24-18-3-1-2-4-18/h5-11,14,18H,1-4,13H2,(H,24,26). The van der Waals surface area contributed by atoms with Crippen LogP contribution >= 0.6 is 0 Å². The molecule has 1 fully saturated rings. The minimum atomic E-state index is 0.0485. The minimum Gasteiger partial charge on any atom is -0.352 e. The van der Waals surface area contributed by atoms with Gasteiger partial charge in [-0.1, -0.05) is 31.0 Å². The molecule has 1 amide bonds. The maximum Gasteiger partial charge on any atom is 0.240 e. The number of rotatable bonds is 4. The number of nitrogens with zero attached hydrogens (tertiary/aromatic N) is 3. The number of fused-ring (bicyclic) bond motifs is 1. The van der Waals surface area contributed by atoms with Crippen molar-refractivity contribution in [2.75, 3.05) is 0 Å². The zero-order valence-electron chi connectivity index (χ0n) is 14.5. The van der Waals surface area contributed by atoms with E-state index in [0.29, 0.717) is 18.2 Å². The Hall–Kier alpha value is -3.13. The molecule has 0 unspecified atom stereocenters. The van der Waals surface area contributed by atoms with E-state index in [1.165, 1.54) is 12.8 Å². The summed E-state index contributed by atoms with van der Waals surface area (Å²) in [5.41, 5.74) is 4.54. The Labute approximate surface area is 152 Å². The second-order valence-electron chi connectivity index (χ2n) is 6.81. The van der Waals surface area contributed by atoms with Gasteiger partial charge in [0, 0.05) is 6.04 Å². The van der Waals surface area contributed by atoms with Crippen molar-refractivity contribution >= 4 is 16.9 Å². The molecule has 3 aromatic rings. The van der Waals surface area contributed by atoms with Crippen molar-refractivity contribution < 1.29 is 4.79 Å². The van der Waals surface area contributed by atoms with Gasteiger partial charge in [0.05, 0.1) is 29.0 Å². The van der Waals surface area contributed by atoms with E-state index >= 15 is 0 Å². The van der Waals surface area contributed by atoms with Crippen LogP contribution in [0.2, 0.25) is 0 Å². The highest BCUT2D eigenvalue weighted by Gasteiger charge is 2.17. The number of hydrogen-bond acceptors (Lipinski definition) is 3. The third-order valence-electron chi connectivity index (χ3n) is 5.00. The first-order valence-electron chi connectivity index (χ1n) is 8.98. The van der Waals surface area contributed by atoms with Crippen molar-refractivity contribution in [2.45, 2.75) is 38.3 Å². The van der Waals surface area contributed by atoms with Crippen LogP contribution in [0.1, 0.15) is 31.2 Å². The molecule has 0 radical (unpaired) electrons. The fourth-order valence-electron chi connectivity index (χ4n) is 3.60. The van der Waals surface area contributed by atoms with Crippen LogP contribution in [0.5, 0.6) is 0 Å².